The lowest BCUT2D eigenvalue weighted by molar-refractivity contribution is 0.0993. The SMILES string of the molecule is O=C(Cc1csc2ccccc12)c1ccc2c(c1)CCO2. The molecule has 3 aromatic rings. The fraction of sp³-hybridized carbons (Fsp3) is 0.167. The zero-order chi connectivity index (χ0) is 14.2. The Morgan fingerprint density at radius 1 is 1.19 bits per heavy atom. The molecule has 0 saturated carbocycles. The van der Waals surface area contributed by atoms with E-state index in [4.69, 9.17) is 4.74 Å². The van der Waals surface area contributed by atoms with Gasteiger partial charge in [-0.3, -0.25) is 4.79 Å². The second kappa shape index (κ2) is 5.01. The molecule has 2 nitrogen and oxygen atoms in total. The van der Waals surface area contributed by atoms with Gasteiger partial charge in [0.2, 0.25) is 0 Å². The molecule has 0 unspecified atom stereocenters. The van der Waals surface area contributed by atoms with E-state index < -0.39 is 0 Å². The quantitative estimate of drug-likeness (QED) is 0.675. The normalized spacial score (nSPS) is 13.1. The summed E-state index contributed by atoms with van der Waals surface area (Å²) in [6.07, 6.45) is 1.36. The van der Waals surface area contributed by atoms with Crippen LogP contribution in [0.5, 0.6) is 5.75 Å². The van der Waals surface area contributed by atoms with Crippen molar-refractivity contribution in [3.05, 3.63) is 64.5 Å². The zero-order valence-electron chi connectivity index (χ0n) is 11.5. The van der Waals surface area contributed by atoms with Gasteiger partial charge >= 0.3 is 0 Å². The second-order valence-electron chi connectivity index (χ2n) is 5.28. The summed E-state index contributed by atoms with van der Waals surface area (Å²) >= 11 is 1.70. The Labute approximate surface area is 127 Å². The Kier molecular flexibility index (Phi) is 3.00. The average Bonchev–Trinajstić information content (AvgIpc) is 3.13. The lowest BCUT2D eigenvalue weighted by Gasteiger charge is -2.03. The molecule has 1 aliphatic heterocycles. The molecule has 0 radical (unpaired) electrons. The highest BCUT2D eigenvalue weighted by Crippen LogP contribution is 2.29. The summed E-state index contributed by atoms with van der Waals surface area (Å²) in [6.45, 7) is 0.724. The van der Waals surface area contributed by atoms with Crippen LogP contribution in [0.15, 0.2) is 47.8 Å². The topological polar surface area (TPSA) is 26.3 Å². The summed E-state index contributed by atoms with van der Waals surface area (Å²) in [6, 6.07) is 14.0. The highest BCUT2D eigenvalue weighted by molar-refractivity contribution is 7.17. The number of benzene rings is 2. The van der Waals surface area contributed by atoms with Crippen molar-refractivity contribution in [3.8, 4) is 5.75 Å². The van der Waals surface area contributed by atoms with Crippen molar-refractivity contribution in [1.82, 2.24) is 0 Å². The van der Waals surface area contributed by atoms with E-state index in [9.17, 15) is 4.79 Å². The van der Waals surface area contributed by atoms with Crippen LogP contribution in [0, 0.1) is 0 Å². The molecule has 1 aliphatic rings. The van der Waals surface area contributed by atoms with Gasteiger partial charge in [0.05, 0.1) is 6.61 Å². The lowest BCUT2D eigenvalue weighted by Crippen LogP contribution is -2.03. The Morgan fingerprint density at radius 2 is 2.10 bits per heavy atom. The first kappa shape index (κ1) is 12.6. The largest absolute Gasteiger partial charge is 0.493 e. The number of fused-ring (bicyclic) bond motifs is 2. The van der Waals surface area contributed by atoms with Crippen molar-refractivity contribution >= 4 is 27.2 Å². The monoisotopic (exact) mass is 294 g/mol. The Bertz CT molecular complexity index is 832. The van der Waals surface area contributed by atoms with Crippen LogP contribution >= 0.6 is 11.3 Å². The van der Waals surface area contributed by atoms with Gasteiger partial charge in [0.15, 0.2) is 5.78 Å². The number of thiophene rings is 1. The predicted molar refractivity (Wildman–Crippen MR) is 85.5 cm³/mol. The molecular formula is C18H14O2S. The average molecular weight is 294 g/mol. The van der Waals surface area contributed by atoms with E-state index in [1.165, 1.54) is 10.1 Å². The van der Waals surface area contributed by atoms with Gasteiger partial charge in [-0.1, -0.05) is 18.2 Å². The van der Waals surface area contributed by atoms with Crippen molar-refractivity contribution < 1.29 is 9.53 Å². The fourth-order valence-corrected chi connectivity index (χ4v) is 3.77. The summed E-state index contributed by atoms with van der Waals surface area (Å²) in [7, 11) is 0. The van der Waals surface area contributed by atoms with Gasteiger partial charge in [-0.25, -0.2) is 0 Å². The fourth-order valence-electron chi connectivity index (χ4n) is 2.80. The molecular weight excluding hydrogens is 280 g/mol. The first-order valence-electron chi connectivity index (χ1n) is 7.05. The number of carbonyl (C=O) groups excluding carboxylic acids is 1. The summed E-state index contributed by atoms with van der Waals surface area (Å²) < 4.78 is 6.73. The van der Waals surface area contributed by atoms with Crippen molar-refractivity contribution in [2.75, 3.05) is 6.61 Å². The van der Waals surface area contributed by atoms with Crippen molar-refractivity contribution in [2.24, 2.45) is 0 Å². The maximum absolute atomic E-state index is 12.5. The van der Waals surface area contributed by atoms with Crippen LogP contribution in [0.1, 0.15) is 21.5 Å². The standard InChI is InChI=1S/C18H14O2S/c19-16(12-5-6-17-13(9-12)7-8-20-17)10-14-11-21-18-4-2-1-3-15(14)18/h1-6,9,11H,7-8,10H2. The van der Waals surface area contributed by atoms with E-state index in [1.54, 1.807) is 11.3 Å². The van der Waals surface area contributed by atoms with E-state index in [2.05, 4.69) is 17.5 Å². The molecule has 104 valence electrons. The number of ketones is 1. The molecule has 4 rings (SSSR count). The lowest BCUT2D eigenvalue weighted by atomic mass is 10.00. The molecule has 0 atom stereocenters. The Balaban J connectivity index is 1.63. The number of ether oxygens (including phenoxy) is 1. The Morgan fingerprint density at radius 3 is 3.05 bits per heavy atom. The van der Waals surface area contributed by atoms with E-state index in [0.29, 0.717) is 6.42 Å². The molecule has 0 fully saturated rings. The van der Waals surface area contributed by atoms with E-state index in [-0.39, 0.29) is 5.78 Å². The molecule has 0 N–H and O–H groups in total. The third-order valence-corrected chi connectivity index (χ3v) is 4.94. The van der Waals surface area contributed by atoms with Crippen LogP contribution in [0.4, 0.5) is 0 Å². The van der Waals surface area contributed by atoms with Crippen molar-refractivity contribution in [2.45, 2.75) is 12.8 Å². The van der Waals surface area contributed by atoms with Gasteiger partial charge < -0.3 is 4.74 Å². The third kappa shape index (κ3) is 2.24. The molecule has 21 heavy (non-hydrogen) atoms. The number of hydrogen-bond acceptors (Lipinski definition) is 3. The Hall–Kier alpha value is -2.13. The molecule has 1 aromatic heterocycles. The van der Waals surface area contributed by atoms with Gasteiger partial charge in [-0.15, -0.1) is 11.3 Å². The molecule has 0 aliphatic carbocycles. The van der Waals surface area contributed by atoms with Gasteiger partial charge in [0, 0.05) is 23.1 Å². The zero-order valence-corrected chi connectivity index (χ0v) is 12.3. The van der Waals surface area contributed by atoms with Gasteiger partial charge in [0.1, 0.15) is 5.75 Å². The van der Waals surface area contributed by atoms with E-state index in [0.717, 1.165) is 35.5 Å². The summed E-state index contributed by atoms with van der Waals surface area (Å²) in [4.78, 5) is 12.5. The number of rotatable bonds is 3. The molecule has 0 amide bonds. The van der Waals surface area contributed by atoms with Crippen LogP contribution in [0.2, 0.25) is 0 Å². The molecule has 0 spiro atoms. The summed E-state index contributed by atoms with van der Waals surface area (Å²) in [5, 5.41) is 3.29. The maximum atomic E-state index is 12.5. The summed E-state index contributed by atoms with van der Waals surface area (Å²) in [5.41, 5.74) is 3.06. The molecule has 2 heterocycles. The molecule has 2 aromatic carbocycles. The minimum absolute atomic E-state index is 0.174. The number of hydrogen-bond donors (Lipinski definition) is 0. The smallest absolute Gasteiger partial charge is 0.167 e. The van der Waals surface area contributed by atoms with Crippen molar-refractivity contribution in [1.29, 1.82) is 0 Å². The molecule has 3 heteroatoms. The predicted octanol–water partition coefficient (Wildman–Crippen LogP) is 4.26. The molecule has 0 bridgehead atoms. The third-order valence-electron chi connectivity index (χ3n) is 3.92. The highest BCUT2D eigenvalue weighted by Gasteiger charge is 2.16. The van der Waals surface area contributed by atoms with Crippen LogP contribution in [0.25, 0.3) is 10.1 Å². The van der Waals surface area contributed by atoms with Crippen LogP contribution < -0.4 is 4.74 Å². The highest BCUT2D eigenvalue weighted by atomic mass is 32.1. The number of carbonyl (C=O) groups is 1. The number of Topliss-reactive ketones (excluding diaryl/α,β-unsaturated/α-hetero) is 1. The van der Waals surface area contributed by atoms with E-state index >= 15 is 0 Å². The second-order valence-corrected chi connectivity index (χ2v) is 6.19. The minimum Gasteiger partial charge on any atom is -0.493 e. The first-order valence-corrected chi connectivity index (χ1v) is 7.93. The van der Waals surface area contributed by atoms with Gasteiger partial charge in [0.25, 0.3) is 0 Å². The summed E-state index contributed by atoms with van der Waals surface area (Å²) in [5.74, 6) is 1.10. The van der Waals surface area contributed by atoms with Crippen molar-refractivity contribution in [3.63, 3.8) is 0 Å². The van der Waals surface area contributed by atoms with E-state index in [1.807, 2.05) is 30.3 Å². The minimum atomic E-state index is 0.174. The first-order chi connectivity index (χ1) is 10.3. The van der Waals surface area contributed by atoms with Gasteiger partial charge in [-0.05, 0) is 46.2 Å². The maximum Gasteiger partial charge on any atom is 0.167 e. The van der Waals surface area contributed by atoms with Crippen LogP contribution in [-0.2, 0) is 12.8 Å². The van der Waals surface area contributed by atoms with Crippen LogP contribution in [-0.4, -0.2) is 12.4 Å². The van der Waals surface area contributed by atoms with Crippen LogP contribution in [0.3, 0.4) is 0 Å². The molecule has 0 saturated heterocycles. The van der Waals surface area contributed by atoms with Gasteiger partial charge in [-0.2, -0.15) is 0 Å².